The predicted molar refractivity (Wildman–Crippen MR) is 204 cm³/mol. The fourth-order valence-electron chi connectivity index (χ4n) is 7.04. The van der Waals surface area contributed by atoms with E-state index < -0.39 is 0 Å². The average Bonchev–Trinajstić information content (AvgIpc) is 3.59. The maximum Gasteiger partial charge on any atom is 0.137 e. The second kappa shape index (κ2) is 13.4. The smallest absolute Gasteiger partial charge is 0.137 e. The van der Waals surface area contributed by atoms with Crippen LogP contribution >= 0.6 is 0 Å². The highest BCUT2D eigenvalue weighted by Crippen LogP contribution is 2.38. The number of benzene rings is 4. The molecule has 4 aromatic carbocycles. The number of aryl methyl sites for hydroxylation is 3. The summed E-state index contributed by atoms with van der Waals surface area (Å²) in [5, 5.41) is 7.45. The molecule has 0 spiro atoms. The van der Waals surface area contributed by atoms with E-state index in [0.29, 0.717) is 11.8 Å². The summed E-state index contributed by atoms with van der Waals surface area (Å²) in [6.45, 7) is 15.5. The first kappa shape index (κ1) is 32.4. The molecule has 248 valence electrons. The Morgan fingerprint density at radius 1 is 0.755 bits per heavy atom. The molecular weight excluding hydrogens is 601 g/mol. The van der Waals surface area contributed by atoms with Crippen LogP contribution in [-0.4, -0.2) is 19.3 Å². The maximum absolute atomic E-state index is 6.76. The monoisotopic (exact) mass is 646 g/mol. The molecule has 3 aromatic heterocycles. The van der Waals surface area contributed by atoms with Crippen molar-refractivity contribution in [3.05, 3.63) is 131 Å². The van der Waals surface area contributed by atoms with Crippen molar-refractivity contribution in [1.82, 2.24) is 19.3 Å². The topological polar surface area (TPSA) is 44.9 Å². The molecule has 1 unspecified atom stereocenters. The first-order valence-electron chi connectivity index (χ1n) is 17.7. The largest absolute Gasteiger partial charge is 0.457 e. The summed E-state index contributed by atoms with van der Waals surface area (Å²) >= 11 is 0. The highest BCUT2D eigenvalue weighted by molar-refractivity contribution is 6.09. The van der Waals surface area contributed by atoms with Crippen LogP contribution in [0.25, 0.3) is 44.4 Å². The van der Waals surface area contributed by atoms with Crippen LogP contribution in [0.4, 0.5) is 0 Å². The Bertz CT molecular complexity index is 2270. The Morgan fingerprint density at radius 3 is 2.33 bits per heavy atom. The van der Waals surface area contributed by atoms with E-state index in [4.69, 9.17) is 14.8 Å². The van der Waals surface area contributed by atoms with E-state index in [0.717, 1.165) is 64.7 Å². The van der Waals surface area contributed by atoms with Crippen LogP contribution in [0.15, 0.2) is 103 Å². The number of hydrogen-bond acceptors (Lipinski definition) is 3. The number of aromatic nitrogens is 4. The highest BCUT2D eigenvalue weighted by atomic mass is 16.5. The Kier molecular flexibility index (Phi) is 8.85. The van der Waals surface area contributed by atoms with Gasteiger partial charge in [0.15, 0.2) is 0 Å². The minimum absolute atomic E-state index is 0.461. The first-order valence-corrected chi connectivity index (χ1v) is 17.7. The lowest BCUT2D eigenvalue weighted by Crippen LogP contribution is -2.02. The number of unbranched alkanes of at least 4 members (excludes halogenated alkanes) is 1. The molecule has 1 atom stereocenters. The Hall–Kier alpha value is -5.16. The SMILES string of the molecule is CCCCc1cc(Oc2ccc3c4cc(C(C)C(C)C)ccc4n(-c4cc(C)ccn4)c3c2)cc(-n2nc(C)c(-c3ccccc3)c2C)c1. The molecule has 0 saturated carbocycles. The van der Waals surface area contributed by atoms with Gasteiger partial charge in [-0.2, -0.15) is 5.10 Å². The molecule has 0 amide bonds. The van der Waals surface area contributed by atoms with Gasteiger partial charge in [-0.15, -0.1) is 0 Å². The normalized spacial score (nSPS) is 12.3. The summed E-state index contributed by atoms with van der Waals surface area (Å²) in [5.74, 6) is 3.52. The lowest BCUT2D eigenvalue weighted by molar-refractivity contribution is 0.482. The molecule has 3 heterocycles. The molecule has 0 N–H and O–H groups in total. The van der Waals surface area contributed by atoms with Crippen molar-refractivity contribution in [2.24, 2.45) is 5.92 Å². The van der Waals surface area contributed by atoms with E-state index in [2.05, 4.69) is 149 Å². The summed E-state index contributed by atoms with van der Waals surface area (Å²) < 4.78 is 11.1. The van der Waals surface area contributed by atoms with Gasteiger partial charge in [-0.1, -0.05) is 70.5 Å². The molecule has 0 fully saturated rings. The molecule has 5 nitrogen and oxygen atoms in total. The van der Waals surface area contributed by atoms with Crippen molar-refractivity contribution in [2.45, 2.75) is 73.6 Å². The summed E-state index contributed by atoms with van der Waals surface area (Å²) in [6.07, 6.45) is 5.12. The van der Waals surface area contributed by atoms with E-state index in [9.17, 15) is 0 Å². The van der Waals surface area contributed by atoms with Gasteiger partial charge in [-0.3, -0.25) is 4.57 Å². The zero-order valence-corrected chi connectivity index (χ0v) is 29.8. The minimum Gasteiger partial charge on any atom is -0.457 e. The van der Waals surface area contributed by atoms with Crippen LogP contribution in [0.2, 0.25) is 0 Å². The summed E-state index contributed by atoms with van der Waals surface area (Å²) in [4.78, 5) is 4.82. The van der Waals surface area contributed by atoms with E-state index >= 15 is 0 Å². The Balaban J connectivity index is 1.34. The molecule has 0 aliphatic carbocycles. The summed E-state index contributed by atoms with van der Waals surface area (Å²) in [7, 11) is 0. The zero-order valence-electron chi connectivity index (χ0n) is 29.8. The molecule has 7 aromatic rings. The quantitative estimate of drug-likeness (QED) is 0.148. The molecule has 0 bridgehead atoms. The van der Waals surface area contributed by atoms with Crippen molar-refractivity contribution in [3.63, 3.8) is 0 Å². The molecule has 5 heteroatoms. The minimum atomic E-state index is 0.461. The number of fused-ring (bicyclic) bond motifs is 3. The molecular formula is C44H46N4O. The van der Waals surface area contributed by atoms with Crippen molar-refractivity contribution in [3.8, 4) is 34.1 Å². The number of nitrogens with zero attached hydrogens (tertiary/aromatic N) is 4. The molecule has 49 heavy (non-hydrogen) atoms. The number of rotatable bonds is 10. The van der Waals surface area contributed by atoms with Crippen LogP contribution < -0.4 is 4.74 Å². The zero-order chi connectivity index (χ0) is 34.2. The van der Waals surface area contributed by atoms with Crippen LogP contribution in [0.1, 0.15) is 74.5 Å². The number of pyridine rings is 1. The van der Waals surface area contributed by atoms with Crippen LogP contribution in [0.3, 0.4) is 0 Å². The second-order valence-corrected chi connectivity index (χ2v) is 13.9. The third kappa shape index (κ3) is 6.26. The van der Waals surface area contributed by atoms with Crippen LogP contribution in [0, 0.1) is 26.7 Å². The van der Waals surface area contributed by atoms with Gasteiger partial charge in [0.2, 0.25) is 0 Å². The van der Waals surface area contributed by atoms with E-state index in [1.165, 1.54) is 38.6 Å². The maximum atomic E-state index is 6.76. The van der Waals surface area contributed by atoms with Gasteiger partial charge in [0.1, 0.15) is 17.3 Å². The number of ether oxygens (including phenoxy) is 1. The second-order valence-electron chi connectivity index (χ2n) is 13.9. The van der Waals surface area contributed by atoms with E-state index in [1.807, 2.05) is 12.3 Å². The molecule has 7 rings (SSSR count). The van der Waals surface area contributed by atoms with Crippen molar-refractivity contribution in [2.75, 3.05) is 0 Å². The third-order valence-electron chi connectivity index (χ3n) is 10.0. The summed E-state index contributed by atoms with van der Waals surface area (Å²) in [5.41, 5.74) is 11.5. The average molecular weight is 647 g/mol. The van der Waals surface area contributed by atoms with Crippen molar-refractivity contribution in [1.29, 1.82) is 0 Å². The van der Waals surface area contributed by atoms with Gasteiger partial charge >= 0.3 is 0 Å². The van der Waals surface area contributed by atoms with Crippen molar-refractivity contribution < 1.29 is 4.74 Å². The lowest BCUT2D eigenvalue weighted by atomic mass is 9.89. The molecule has 0 aliphatic rings. The van der Waals surface area contributed by atoms with Crippen LogP contribution in [0.5, 0.6) is 11.5 Å². The molecule has 0 radical (unpaired) electrons. The van der Waals surface area contributed by atoms with Gasteiger partial charge in [-0.25, -0.2) is 9.67 Å². The van der Waals surface area contributed by atoms with Gasteiger partial charge in [0, 0.05) is 40.4 Å². The standard InChI is InChI=1S/C44H46N4O/c1-8-9-13-33-23-36(48-32(7)44(31(6)46-48)34-14-11-10-12-15-34)26-38(24-33)49-37-17-18-39-40-25-35(30(5)28(2)3)16-19-41(40)47(42(39)27-37)43-22-29(4)20-21-45-43/h10-12,14-28,30H,8-9,13H2,1-7H3. The fraction of sp³-hybridized carbons (Fsp3) is 0.273. The number of hydrogen-bond donors (Lipinski definition) is 0. The van der Waals surface area contributed by atoms with Gasteiger partial charge in [0.05, 0.1) is 22.4 Å². The fourth-order valence-corrected chi connectivity index (χ4v) is 7.04. The van der Waals surface area contributed by atoms with E-state index in [-0.39, 0.29) is 0 Å². The Morgan fingerprint density at radius 2 is 1.57 bits per heavy atom. The first-order chi connectivity index (χ1) is 23.7. The van der Waals surface area contributed by atoms with Crippen LogP contribution in [-0.2, 0) is 6.42 Å². The van der Waals surface area contributed by atoms with Gasteiger partial charge in [-0.05, 0) is 116 Å². The van der Waals surface area contributed by atoms with Gasteiger partial charge < -0.3 is 4.74 Å². The molecule has 0 aliphatic heterocycles. The van der Waals surface area contributed by atoms with Crippen molar-refractivity contribution >= 4 is 21.8 Å². The third-order valence-corrected chi connectivity index (χ3v) is 10.0. The lowest BCUT2D eigenvalue weighted by Gasteiger charge is -2.16. The highest BCUT2D eigenvalue weighted by Gasteiger charge is 2.19. The Labute approximate surface area is 290 Å². The predicted octanol–water partition coefficient (Wildman–Crippen LogP) is 11.9. The summed E-state index contributed by atoms with van der Waals surface area (Å²) in [6, 6.07) is 34.7. The molecule has 0 saturated heterocycles. The van der Waals surface area contributed by atoms with Gasteiger partial charge in [0.25, 0.3) is 0 Å². The van der Waals surface area contributed by atoms with E-state index in [1.54, 1.807) is 0 Å².